The van der Waals surface area contributed by atoms with Crippen LogP contribution in [0.25, 0.3) is 22.1 Å². The maximum Gasteiger partial charge on any atom is 0.315 e. The molecule has 0 radical (unpaired) electrons. The van der Waals surface area contributed by atoms with Gasteiger partial charge < -0.3 is 14.8 Å². The second-order valence-corrected chi connectivity index (χ2v) is 5.72. The lowest BCUT2D eigenvalue weighted by Crippen LogP contribution is -1.99. The van der Waals surface area contributed by atoms with Crippen LogP contribution in [0, 0.1) is 10.1 Å². The summed E-state index contributed by atoms with van der Waals surface area (Å²) in [6.07, 6.45) is 1.31. The Labute approximate surface area is 156 Å². The molecule has 0 fully saturated rings. The maximum atomic E-state index is 11.0. The third-order valence-corrected chi connectivity index (χ3v) is 3.99. The van der Waals surface area contributed by atoms with E-state index in [-0.39, 0.29) is 11.7 Å². The van der Waals surface area contributed by atoms with E-state index < -0.39 is 16.4 Å². The average Bonchev–Trinajstić information content (AvgIpc) is 3.06. The van der Waals surface area contributed by atoms with Crippen LogP contribution in [0.5, 0.6) is 11.5 Å². The lowest BCUT2D eigenvalue weighted by molar-refractivity contribution is -0.386. The zero-order valence-corrected chi connectivity index (χ0v) is 14.4. The third kappa shape index (κ3) is 3.00. The average molecular weight is 379 g/mol. The number of hydrogen-bond acceptors (Lipinski definition) is 9. The molecule has 0 spiro atoms. The van der Waals surface area contributed by atoms with E-state index in [1.807, 2.05) is 24.3 Å². The number of nitro benzene ring substituents is 1. The lowest BCUT2D eigenvalue weighted by atomic mass is 10.2. The van der Waals surface area contributed by atoms with E-state index in [0.29, 0.717) is 16.7 Å². The summed E-state index contributed by atoms with van der Waals surface area (Å²) >= 11 is 0. The van der Waals surface area contributed by atoms with Gasteiger partial charge in [-0.15, -0.1) is 10.2 Å². The third-order valence-electron chi connectivity index (χ3n) is 3.99. The quantitative estimate of drug-likeness (QED) is 0.272. The van der Waals surface area contributed by atoms with Crippen LogP contribution < -0.4 is 10.2 Å². The summed E-state index contributed by atoms with van der Waals surface area (Å²) in [5, 5.41) is 33.8. The number of nitrogens with zero attached hydrogens (tertiary/aromatic N) is 5. The molecule has 0 amide bonds. The number of hydrazone groups is 1. The fraction of sp³-hybridized carbons (Fsp3) is 0.0588. The molecule has 3 N–H and O–H groups in total. The van der Waals surface area contributed by atoms with Crippen molar-refractivity contribution < 1.29 is 14.8 Å². The molecule has 2 aromatic carbocycles. The Hall–Kier alpha value is -4.28. The highest BCUT2D eigenvalue weighted by molar-refractivity contribution is 6.03. The molecule has 2 aromatic heterocycles. The summed E-state index contributed by atoms with van der Waals surface area (Å²) in [5.41, 5.74) is 4.56. The largest absolute Gasteiger partial charge is 0.500 e. The number of H-pyrrole nitrogens is 1. The SMILES string of the molecule is COc1cc(/C=N\Nc2nnc3c(n2)[nH]c2ccccc23)cc([N+](=O)[O-])c1O. The molecular weight excluding hydrogens is 366 g/mol. The molecule has 0 saturated carbocycles. The van der Waals surface area contributed by atoms with Crippen LogP contribution in [0.1, 0.15) is 5.56 Å². The minimum atomic E-state index is -0.709. The van der Waals surface area contributed by atoms with Gasteiger partial charge in [0.25, 0.3) is 5.95 Å². The number of benzene rings is 2. The topological polar surface area (TPSA) is 151 Å². The van der Waals surface area contributed by atoms with Crippen molar-refractivity contribution >= 4 is 39.9 Å². The molecule has 0 aliphatic rings. The first-order valence-corrected chi connectivity index (χ1v) is 8.02. The van der Waals surface area contributed by atoms with Crippen LogP contribution >= 0.6 is 0 Å². The maximum absolute atomic E-state index is 11.0. The van der Waals surface area contributed by atoms with E-state index >= 15 is 0 Å². The Kier molecular flexibility index (Phi) is 4.16. The molecule has 2 heterocycles. The predicted octanol–water partition coefficient (Wildman–Crippen LogP) is 2.57. The highest BCUT2D eigenvalue weighted by Crippen LogP contribution is 2.36. The monoisotopic (exact) mass is 379 g/mol. The Morgan fingerprint density at radius 1 is 1.32 bits per heavy atom. The number of phenols is 1. The number of phenolic OH excluding ortho intramolecular Hbond substituents is 1. The number of aromatic hydroxyl groups is 1. The molecule has 4 rings (SSSR count). The molecule has 0 aliphatic carbocycles. The number of para-hydroxylation sites is 1. The zero-order chi connectivity index (χ0) is 19.7. The van der Waals surface area contributed by atoms with E-state index in [2.05, 4.69) is 30.7 Å². The second-order valence-electron chi connectivity index (χ2n) is 5.72. The van der Waals surface area contributed by atoms with Gasteiger partial charge in [-0.1, -0.05) is 18.2 Å². The van der Waals surface area contributed by atoms with Crippen molar-refractivity contribution in [2.75, 3.05) is 12.5 Å². The van der Waals surface area contributed by atoms with Gasteiger partial charge in [0.1, 0.15) is 5.52 Å². The predicted molar refractivity (Wildman–Crippen MR) is 102 cm³/mol. The number of methoxy groups -OCH3 is 1. The fourth-order valence-electron chi connectivity index (χ4n) is 2.72. The summed E-state index contributed by atoms with van der Waals surface area (Å²) < 4.78 is 4.94. The molecular formula is C17H13N7O4. The van der Waals surface area contributed by atoms with E-state index in [9.17, 15) is 15.2 Å². The smallest absolute Gasteiger partial charge is 0.315 e. The van der Waals surface area contributed by atoms with Gasteiger partial charge in [0.05, 0.1) is 18.2 Å². The second kappa shape index (κ2) is 6.79. The Morgan fingerprint density at radius 3 is 2.93 bits per heavy atom. The van der Waals surface area contributed by atoms with Crippen LogP contribution in [-0.4, -0.2) is 43.5 Å². The number of rotatable bonds is 5. The molecule has 11 nitrogen and oxygen atoms in total. The number of aromatic nitrogens is 4. The van der Waals surface area contributed by atoms with Gasteiger partial charge in [-0.2, -0.15) is 10.1 Å². The molecule has 140 valence electrons. The first-order chi connectivity index (χ1) is 13.6. The van der Waals surface area contributed by atoms with Gasteiger partial charge in [0.2, 0.25) is 5.75 Å². The molecule has 0 atom stereocenters. The molecule has 28 heavy (non-hydrogen) atoms. The van der Waals surface area contributed by atoms with Gasteiger partial charge in [-0.05, 0) is 12.1 Å². The van der Waals surface area contributed by atoms with Crippen LogP contribution in [0.3, 0.4) is 0 Å². The first-order valence-electron chi connectivity index (χ1n) is 8.02. The summed E-state index contributed by atoms with van der Waals surface area (Å²) in [6.45, 7) is 0. The normalized spacial score (nSPS) is 11.3. The molecule has 4 aromatic rings. The van der Waals surface area contributed by atoms with Crippen molar-refractivity contribution in [2.24, 2.45) is 5.10 Å². The van der Waals surface area contributed by atoms with Crippen LogP contribution in [0.2, 0.25) is 0 Å². The number of aromatic amines is 1. The molecule has 11 heteroatoms. The molecule has 0 saturated heterocycles. The number of nitro groups is 1. The lowest BCUT2D eigenvalue weighted by Gasteiger charge is -2.05. The summed E-state index contributed by atoms with van der Waals surface area (Å²) in [4.78, 5) is 17.8. The summed E-state index contributed by atoms with van der Waals surface area (Å²) in [6, 6.07) is 10.2. The van der Waals surface area contributed by atoms with Gasteiger partial charge >= 0.3 is 5.69 Å². The van der Waals surface area contributed by atoms with Crippen LogP contribution in [-0.2, 0) is 0 Å². The number of anilines is 1. The minimum Gasteiger partial charge on any atom is -0.500 e. The summed E-state index contributed by atoms with van der Waals surface area (Å²) in [7, 11) is 1.30. The molecule has 0 aliphatic heterocycles. The highest BCUT2D eigenvalue weighted by Gasteiger charge is 2.19. The zero-order valence-electron chi connectivity index (χ0n) is 14.4. The van der Waals surface area contributed by atoms with Crippen molar-refractivity contribution in [3.63, 3.8) is 0 Å². The van der Waals surface area contributed by atoms with E-state index in [4.69, 9.17) is 4.74 Å². The van der Waals surface area contributed by atoms with Crippen molar-refractivity contribution in [3.05, 3.63) is 52.1 Å². The molecule has 0 bridgehead atoms. The van der Waals surface area contributed by atoms with Crippen molar-refractivity contribution in [1.82, 2.24) is 20.2 Å². The molecule has 0 unspecified atom stereocenters. The Balaban J connectivity index is 1.60. The fourth-order valence-corrected chi connectivity index (χ4v) is 2.72. The van der Waals surface area contributed by atoms with E-state index in [0.717, 1.165) is 10.9 Å². The first kappa shape index (κ1) is 17.1. The van der Waals surface area contributed by atoms with E-state index in [1.54, 1.807) is 0 Å². The van der Waals surface area contributed by atoms with E-state index in [1.165, 1.54) is 25.5 Å². The Bertz CT molecular complexity index is 1240. The summed E-state index contributed by atoms with van der Waals surface area (Å²) in [5.74, 6) is -0.432. The van der Waals surface area contributed by atoms with Crippen molar-refractivity contribution in [3.8, 4) is 11.5 Å². The van der Waals surface area contributed by atoms with Gasteiger partial charge in [0, 0.05) is 22.5 Å². The standard InChI is InChI=1S/C17H13N7O4/c1-28-13-7-9(6-12(15(13)25)24(26)27)8-18-22-17-20-16-14(21-23-17)10-4-2-3-5-11(10)19-16/h2-8,25H,1H3,(H2,19,20,22,23)/b18-8-. The number of ether oxygens (including phenoxy) is 1. The number of fused-ring (bicyclic) bond motifs is 3. The number of hydrogen-bond donors (Lipinski definition) is 3. The van der Waals surface area contributed by atoms with Crippen LogP contribution in [0.15, 0.2) is 41.5 Å². The van der Waals surface area contributed by atoms with Gasteiger partial charge in [0.15, 0.2) is 11.4 Å². The highest BCUT2D eigenvalue weighted by atomic mass is 16.6. The Morgan fingerprint density at radius 2 is 2.14 bits per heavy atom. The van der Waals surface area contributed by atoms with Gasteiger partial charge in [-0.25, -0.2) is 5.43 Å². The number of nitrogens with one attached hydrogen (secondary N) is 2. The van der Waals surface area contributed by atoms with Crippen molar-refractivity contribution in [1.29, 1.82) is 0 Å². The van der Waals surface area contributed by atoms with Gasteiger partial charge in [-0.3, -0.25) is 10.1 Å². The van der Waals surface area contributed by atoms with Crippen molar-refractivity contribution in [2.45, 2.75) is 0 Å². The minimum absolute atomic E-state index is 0.0342. The van der Waals surface area contributed by atoms with Crippen LogP contribution in [0.4, 0.5) is 11.6 Å².